The molecule has 0 radical (unpaired) electrons. The molecular formula is C43H46N4O. The molecule has 0 atom stereocenters. The zero-order valence-electron chi connectivity index (χ0n) is 29.1. The van der Waals surface area contributed by atoms with Crippen molar-refractivity contribution in [3.8, 4) is 28.0 Å². The quantitative estimate of drug-likeness (QED) is 0.183. The molecule has 0 saturated heterocycles. The fourth-order valence-corrected chi connectivity index (χ4v) is 5.20. The number of nitrogens with zero attached hydrogens (tertiary/aromatic N) is 2. The van der Waals surface area contributed by atoms with E-state index in [0.29, 0.717) is 0 Å². The molecule has 48 heavy (non-hydrogen) atoms. The van der Waals surface area contributed by atoms with Gasteiger partial charge in [-0.3, -0.25) is 0 Å². The minimum Gasteiger partial charge on any atom is -0.497 e. The first kappa shape index (κ1) is 33.9. The summed E-state index contributed by atoms with van der Waals surface area (Å²) in [5, 5.41) is 6.67. The SMILES string of the molecule is CC(C)(C)c1ccc(-c2ccnc(Nc3ccccc3)c2)cc1.COc1cccc(Nc2cc(-c3ccc(C(C)(C)C)cc3)ccn2)c1. The van der Waals surface area contributed by atoms with Crippen LogP contribution in [0.2, 0.25) is 0 Å². The molecule has 0 unspecified atom stereocenters. The first-order valence-electron chi connectivity index (χ1n) is 16.3. The van der Waals surface area contributed by atoms with Gasteiger partial charge in [0.1, 0.15) is 17.4 Å². The highest BCUT2D eigenvalue weighted by Gasteiger charge is 2.14. The van der Waals surface area contributed by atoms with Gasteiger partial charge in [-0.1, -0.05) is 114 Å². The molecule has 0 amide bonds. The number of nitrogens with one attached hydrogen (secondary N) is 2. The molecule has 244 valence electrons. The lowest BCUT2D eigenvalue weighted by molar-refractivity contribution is 0.415. The minimum atomic E-state index is 0.163. The summed E-state index contributed by atoms with van der Waals surface area (Å²) in [6.07, 6.45) is 3.67. The molecule has 5 heteroatoms. The van der Waals surface area contributed by atoms with Gasteiger partial charge in [0, 0.05) is 29.8 Å². The lowest BCUT2D eigenvalue weighted by Gasteiger charge is -2.19. The molecule has 0 aliphatic rings. The van der Waals surface area contributed by atoms with Crippen LogP contribution in [0.25, 0.3) is 22.3 Å². The van der Waals surface area contributed by atoms with Gasteiger partial charge in [0.25, 0.3) is 0 Å². The number of pyridine rings is 2. The molecule has 6 aromatic rings. The Hall–Kier alpha value is -5.42. The maximum Gasteiger partial charge on any atom is 0.130 e. The number of para-hydroxylation sites is 1. The minimum absolute atomic E-state index is 0.163. The van der Waals surface area contributed by atoms with Crippen molar-refractivity contribution in [2.45, 2.75) is 52.4 Å². The van der Waals surface area contributed by atoms with Crippen LogP contribution in [0.15, 0.2) is 140 Å². The van der Waals surface area contributed by atoms with Crippen molar-refractivity contribution in [3.05, 3.63) is 151 Å². The monoisotopic (exact) mass is 634 g/mol. The van der Waals surface area contributed by atoms with Crippen LogP contribution in [-0.2, 0) is 10.8 Å². The van der Waals surface area contributed by atoms with Crippen molar-refractivity contribution in [2.24, 2.45) is 0 Å². The van der Waals surface area contributed by atoms with E-state index in [2.05, 4.69) is 123 Å². The van der Waals surface area contributed by atoms with Crippen LogP contribution < -0.4 is 15.4 Å². The highest BCUT2D eigenvalue weighted by molar-refractivity contribution is 5.70. The van der Waals surface area contributed by atoms with E-state index < -0.39 is 0 Å². The summed E-state index contributed by atoms with van der Waals surface area (Å²) >= 11 is 0. The molecule has 0 bridgehead atoms. The Bertz CT molecular complexity index is 1900. The first-order chi connectivity index (χ1) is 23.0. The molecule has 4 aromatic carbocycles. The van der Waals surface area contributed by atoms with Crippen LogP contribution in [0.3, 0.4) is 0 Å². The molecule has 2 aromatic heterocycles. The van der Waals surface area contributed by atoms with Crippen molar-refractivity contribution in [2.75, 3.05) is 17.7 Å². The van der Waals surface area contributed by atoms with E-state index in [-0.39, 0.29) is 10.8 Å². The maximum atomic E-state index is 5.26. The average molecular weight is 635 g/mol. The van der Waals surface area contributed by atoms with E-state index >= 15 is 0 Å². The predicted molar refractivity (Wildman–Crippen MR) is 203 cm³/mol. The van der Waals surface area contributed by atoms with Gasteiger partial charge in [-0.15, -0.1) is 0 Å². The molecule has 0 fully saturated rings. The van der Waals surface area contributed by atoms with Gasteiger partial charge in [-0.2, -0.15) is 0 Å². The fourth-order valence-electron chi connectivity index (χ4n) is 5.20. The smallest absolute Gasteiger partial charge is 0.130 e. The zero-order valence-corrected chi connectivity index (χ0v) is 29.1. The van der Waals surface area contributed by atoms with Crippen molar-refractivity contribution in [1.29, 1.82) is 0 Å². The Morgan fingerprint density at radius 1 is 0.458 bits per heavy atom. The molecular weight excluding hydrogens is 589 g/mol. The summed E-state index contributed by atoms with van der Waals surface area (Å²) in [4.78, 5) is 8.83. The molecule has 6 rings (SSSR count). The van der Waals surface area contributed by atoms with Gasteiger partial charge in [-0.05, 0) is 92.7 Å². The summed E-state index contributed by atoms with van der Waals surface area (Å²) in [7, 11) is 1.67. The van der Waals surface area contributed by atoms with Crippen LogP contribution in [0, 0.1) is 0 Å². The van der Waals surface area contributed by atoms with E-state index in [1.165, 1.54) is 27.8 Å². The number of hydrogen-bond acceptors (Lipinski definition) is 5. The van der Waals surface area contributed by atoms with Crippen LogP contribution in [0.4, 0.5) is 23.0 Å². The van der Waals surface area contributed by atoms with Crippen LogP contribution in [0.1, 0.15) is 52.7 Å². The number of anilines is 4. The first-order valence-corrected chi connectivity index (χ1v) is 16.3. The van der Waals surface area contributed by atoms with Crippen molar-refractivity contribution in [3.63, 3.8) is 0 Å². The Morgan fingerprint density at radius 2 is 0.917 bits per heavy atom. The lowest BCUT2D eigenvalue weighted by atomic mass is 9.86. The van der Waals surface area contributed by atoms with E-state index in [0.717, 1.165) is 34.3 Å². The maximum absolute atomic E-state index is 5.26. The van der Waals surface area contributed by atoms with Crippen LogP contribution in [-0.4, -0.2) is 17.1 Å². The Balaban J connectivity index is 0.000000188. The fraction of sp³-hybridized carbons (Fsp3) is 0.209. The molecule has 0 spiro atoms. The van der Waals surface area contributed by atoms with Gasteiger partial charge >= 0.3 is 0 Å². The van der Waals surface area contributed by atoms with Crippen LogP contribution >= 0.6 is 0 Å². The van der Waals surface area contributed by atoms with E-state index in [1.54, 1.807) is 7.11 Å². The average Bonchev–Trinajstić information content (AvgIpc) is 3.09. The third-order valence-corrected chi connectivity index (χ3v) is 8.08. The zero-order chi connectivity index (χ0) is 34.1. The van der Waals surface area contributed by atoms with E-state index in [4.69, 9.17) is 4.74 Å². The Kier molecular flexibility index (Phi) is 10.6. The Labute approximate surface area is 286 Å². The number of hydrogen-bond donors (Lipinski definition) is 2. The van der Waals surface area contributed by atoms with Gasteiger partial charge in [0.05, 0.1) is 7.11 Å². The highest BCUT2D eigenvalue weighted by Crippen LogP contribution is 2.29. The molecule has 2 heterocycles. The topological polar surface area (TPSA) is 59.1 Å². The molecule has 0 aliphatic heterocycles. The van der Waals surface area contributed by atoms with Crippen molar-refractivity contribution < 1.29 is 4.74 Å². The predicted octanol–water partition coefficient (Wildman–Crippen LogP) is 11.6. The van der Waals surface area contributed by atoms with Gasteiger partial charge in [-0.25, -0.2) is 9.97 Å². The van der Waals surface area contributed by atoms with Crippen molar-refractivity contribution in [1.82, 2.24) is 9.97 Å². The van der Waals surface area contributed by atoms with Crippen LogP contribution in [0.5, 0.6) is 5.75 Å². The number of ether oxygens (including phenoxy) is 1. The molecule has 0 saturated carbocycles. The molecule has 0 aliphatic carbocycles. The van der Waals surface area contributed by atoms with E-state index in [1.807, 2.05) is 79.1 Å². The number of benzene rings is 4. The summed E-state index contributed by atoms with van der Waals surface area (Å²) < 4.78 is 5.26. The summed E-state index contributed by atoms with van der Waals surface area (Å²) in [5.74, 6) is 2.48. The number of aromatic nitrogens is 2. The third-order valence-electron chi connectivity index (χ3n) is 8.08. The van der Waals surface area contributed by atoms with Gasteiger partial charge < -0.3 is 15.4 Å². The van der Waals surface area contributed by atoms with Crippen molar-refractivity contribution >= 4 is 23.0 Å². The second-order valence-corrected chi connectivity index (χ2v) is 13.9. The summed E-state index contributed by atoms with van der Waals surface area (Å²) in [5.41, 5.74) is 9.71. The summed E-state index contributed by atoms with van der Waals surface area (Å²) in [6, 6.07) is 43.7. The lowest BCUT2D eigenvalue weighted by Crippen LogP contribution is -2.10. The summed E-state index contributed by atoms with van der Waals surface area (Å²) in [6.45, 7) is 13.4. The second kappa shape index (κ2) is 15.0. The van der Waals surface area contributed by atoms with E-state index in [9.17, 15) is 0 Å². The molecule has 5 nitrogen and oxygen atoms in total. The standard InChI is InChI=1S/C22H24N2O.C21H22N2/c1-22(2,3)18-10-8-16(9-11-18)17-12-13-23-21(14-17)24-19-6-5-7-20(15-19)25-4;1-21(2,3)18-11-9-16(10-12-18)17-13-14-22-20(15-17)23-19-7-5-4-6-8-19/h5-15H,1-4H3,(H,23,24);4-15H,1-3H3,(H,22,23). The number of rotatable bonds is 7. The molecule has 2 N–H and O–H groups in total. The Morgan fingerprint density at radius 3 is 1.38 bits per heavy atom. The third kappa shape index (κ3) is 9.32. The highest BCUT2D eigenvalue weighted by atomic mass is 16.5. The normalized spacial score (nSPS) is 11.2. The van der Waals surface area contributed by atoms with Gasteiger partial charge in [0.15, 0.2) is 0 Å². The second-order valence-electron chi connectivity index (χ2n) is 13.9. The number of methoxy groups -OCH3 is 1. The van der Waals surface area contributed by atoms with Gasteiger partial charge in [0.2, 0.25) is 0 Å². The largest absolute Gasteiger partial charge is 0.497 e.